The zero-order valence-corrected chi connectivity index (χ0v) is 12.0. The van der Waals surface area contributed by atoms with Crippen molar-refractivity contribution in [2.24, 2.45) is 0 Å². The number of carbonyl (C=O) groups is 1. The number of carbonyl (C=O) groups excluding carboxylic acids is 1. The fraction of sp³-hybridized carbons (Fsp3) is 0.357. The molecule has 2 aromatic rings. The monoisotopic (exact) mass is 322 g/mol. The highest BCUT2D eigenvalue weighted by Gasteiger charge is 2.34. The van der Waals surface area contributed by atoms with E-state index in [1.807, 2.05) is 24.3 Å². The van der Waals surface area contributed by atoms with Gasteiger partial charge in [-0.1, -0.05) is 18.2 Å². The van der Waals surface area contributed by atoms with Gasteiger partial charge in [0.15, 0.2) is 0 Å². The summed E-state index contributed by atoms with van der Waals surface area (Å²) in [7, 11) is 0. The second-order valence-electron chi connectivity index (χ2n) is 4.81. The molecule has 1 aromatic heterocycles. The number of para-hydroxylation sites is 1. The molecule has 1 saturated carbocycles. The van der Waals surface area contributed by atoms with Crippen molar-refractivity contribution in [2.75, 3.05) is 13.2 Å². The van der Waals surface area contributed by atoms with Crippen molar-refractivity contribution in [3.05, 3.63) is 34.4 Å². The van der Waals surface area contributed by atoms with E-state index in [0.717, 1.165) is 28.2 Å². The maximum Gasteiger partial charge on any atom is 0.271 e. The van der Waals surface area contributed by atoms with E-state index < -0.39 is 0 Å². The number of nitrogens with one attached hydrogen (secondary N) is 1. The van der Waals surface area contributed by atoms with Gasteiger partial charge in [0, 0.05) is 23.5 Å². The summed E-state index contributed by atoms with van der Waals surface area (Å²) in [5.74, 6) is -0.0420. The Bertz CT molecular complexity index is 619. The molecule has 1 amide bonds. The highest BCUT2D eigenvalue weighted by Crippen LogP contribution is 2.32. The highest BCUT2D eigenvalue weighted by molar-refractivity contribution is 9.10. The van der Waals surface area contributed by atoms with Gasteiger partial charge in [-0.3, -0.25) is 4.79 Å². The Kier molecular flexibility index (Phi) is 3.33. The minimum Gasteiger partial charge on any atom is -0.395 e. The number of aromatic nitrogens is 1. The van der Waals surface area contributed by atoms with Crippen LogP contribution in [0.2, 0.25) is 0 Å². The topological polar surface area (TPSA) is 56.3 Å². The van der Waals surface area contributed by atoms with Crippen LogP contribution in [-0.4, -0.2) is 40.1 Å². The Morgan fingerprint density at radius 1 is 1.42 bits per heavy atom. The van der Waals surface area contributed by atoms with Gasteiger partial charge in [-0.25, -0.2) is 0 Å². The number of hydrogen-bond acceptors (Lipinski definition) is 2. The fourth-order valence-electron chi connectivity index (χ4n) is 2.34. The predicted octanol–water partition coefficient (Wildman–Crippen LogP) is 2.53. The molecule has 0 spiro atoms. The van der Waals surface area contributed by atoms with Crippen LogP contribution < -0.4 is 0 Å². The molecule has 1 aliphatic carbocycles. The van der Waals surface area contributed by atoms with Crippen molar-refractivity contribution in [2.45, 2.75) is 18.9 Å². The van der Waals surface area contributed by atoms with Crippen LogP contribution in [0.15, 0.2) is 28.7 Å². The lowest BCUT2D eigenvalue weighted by molar-refractivity contribution is 0.0702. The molecule has 1 aliphatic rings. The molecule has 0 atom stereocenters. The number of aliphatic hydroxyl groups excluding tert-OH is 1. The summed E-state index contributed by atoms with van der Waals surface area (Å²) in [4.78, 5) is 17.5. The number of halogens is 1. The number of fused-ring (bicyclic) bond motifs is 1. The summed E-state index contributed by atoms with van der Waals surface area (Å²) in [6.07, 6.45) is 2.06. The molecule has 19 heavy (non-hydrogen) atoms. The van der Waals surface area contributed by atoms with Crippen LogP contribution in [-0.2, 0) is 0 Å². The second kappa shape index (κ2) is 4.98. The summed E-state index contributed by atoms with van der Waals surface area (Å²) in [6, 6.07) is 8.09. The first-order chi connectivity index (χ1) is 9.22. The van der Waals surface area contributed by atoms with Gasteiger partial charge < -0.3 is 15.0 Å². The van der Waals surface area contributed by atoms with E-state index in [2.05, 4.69) is 20.9 Å². The summed E-state index contributed by atoms with van der Waals surface area (Å²) in [5, 5.41) is 10.1. The molecule has 0 radical (unpaired) electrons. The quantitative estimate of drug-likeness (QED) is 0.908. The van der Waals surface area contributed by atoms with Gasteiger partial charge in [-0.15, -0.1) is 0 Å². The zero-order valence-electron chi connectivity index (χ0n) is 10.4. The lowest BCUT2D eigenvalue weighted by atomic mass is 10.2. The minimum atomic E-state index is -0.0420. The molecule has 100 valence electrons. The highest BCUT2D eigenvalue weighted by atomic mass is 79.9. The lowest BCUT2D eigenvalue weighted by Gasteiger charge is -2.20. The van der Waals surface area contributed by atoms with Gasteiger partial charge in [0.1, 0.15) is 5.69 Å². The molecule has 4 nitrogen and oxygen atoms in total. The molecule has 1 aromatic carbocycles. The summed E-state index contributed by atoms with van der Waals surface area (Å²) >= 11 is 3.50. The summed E-state index contributed by atoms with van der Waals surface area (Å²) in [6.45, 7) is 0.394. The van der Waals surface area contributed by atoms with Gasteiger partial charge in [0.05, 0.1) is 11.1 Å². The molecule has 0 aliphatic heterocycles. The Hall–Kier alpha value is -1.33. The molecule has 0 unspecified atom stereocenters. The van der Waals surface area contributed by atoms with Gasteiger partial charge in [-0.05, 0) is 34.8 Å². The Balaban J connectivity index is 1.98. The van der Waals surface area contributed by atoms with Crippen molar-refractivity contribution >= 4 is 32.7 Å². The fourth-order valence-corrected chi connectivity index (χ4v) is 2.96. The molecule has 1 fully saturated rings. The number of amides is 1. The summed E-state index contributed by atoms with van der Waals surface area (Å²) in [5.41, 5.74) is 1.51. The van der Waals surface area contributed by atoms with Crippen LogP contribution in [0.1, 0.15) is 23.3 Å². The predicted molar refractivity (Wildman–Crippen MR) is 77.1 cm³/mol. The number of benzene rings is 1. The number of nitrogens with zero attached hydrogens (tertiary/aromatic N) is 1. The van der Waals surface area contributed by atoms with Crippen molar-refractivity contribution in [1.82, 2.24) is 9.88 Å². The van der Waals surface area contributed by atoms with Crippen LogP contribution in [0.3, 0.4) is 0 Å². The van der Waals surface area contributed by atoms with Gasteiger partial charge in [-0.2, -0.15) is 0 Å². The molecule has 5 heteroatoms. The molecule has 0 saturated heterocycles. The summed E-state index contributed by atoms with van der Waals surface area (Å²) < 4.78 is 0.802. The van der Waals surface area contributed by atoms with Crippen molar-refractivity contribution in [1.29, 1.82) is 0 Å². The molecule has 1 heterocycles. The number of rotatable bonds is 4. The van der Waals surface area contributed by atoms with Crippen LogP contribution in [0, 0.1) is 0 Å². The van der Waals surface area contributed by atoms with Crippen LogP contribution in [0.5, 0.6) is 0 Å². The average molecular weight is 323 g/mol. The average Bonchev–Trinajstić information content (AvgIpc) is 3.21. The van der Waals surface area contributed by atoms with Gasteiger partial charge in [0.2, 0.25) is 0 Å². The molecular formula is C14H15BrN2O2. The first kappa shape index (κ1) is 12.7. The third-order valence-electron chi connectivity index (χ3n) is 3.45. The Morgan fingerprint density at radius 2 is 2.16 bits per heavy atom. The van der Waals surface area contributed by atoms with E-state index in [9.17, 15) is 4.79 Å². The smallest absolute Gasteiger partial charge is 0.271 e. The van der Waals surface area contributed by atoms with E-state index in [1.165, 1.54) is 0 Å². The Labute approximate surface area is 119 Å². The number of aliphatic hydroxyl groups is 1. The number of H-pyrrole nitrogens is 1. The lowest BCUT2D eigenvalue weighted by Crippen LogP contribution is -2.35. The van der Waals surface area contributed by atoms with E-state index in [1.54, 1.807) is 4.90 Å². The first-order valence-electron chi connectivity index (χ1n) is 6.40. The maximum atomic E-state index is 12.6. The number of hydrogen-bond donors (Lipinski definition) is 2. The molecule has 3 rings (SSSR count). The second-order valence-corrected chi connectivity index (χ2v) is 5.61. The first-order valence-corrected chi connectivity index (χ1v) is 7.19. The van der Waals surface area contributed by atoms with E-state index in [4.69, 9.17) is 5.11 Å². The van der Waals surface area contributed by atoms with Gasteiger partial charge in [0.25, 0.3) is 5.91 Å². The molecular weight excluding hydrogens is 308 g/mol. The minimum absolute atomic E-state index is 0.0000868. The molecule has 2 N–H and O–H groups in total. The van der Waals surface area contributed by atoms with E-state index >= 15 is 0 Å². The van der Waals surface area contributed by atoms with Crippen molar-refractivity contribution in [3.8, 4) is 0 Å². The SMILES string of the molecule is O=C(c1[nH]c2ccccc2c1Br)N(CCO)C1CC1. The van der Waals surface area contributed by atoms with Gasteiger partial charge >= 0.3 is 0 Å². The normalized spacial score (nSPS) is 14.8. The van der Waals surface area contributed by atoms with Crippen LogP contribution >= 0.6 is 15.9 Å². The van der Waals surface area contributed by atoms with Crippen molar-refractivity contribution in [3.63, 3.8) is 0 Å². The Morgan fingerprint density at radius 3 is 2.79 bits per heavy atom. The van der Waals surface area contributed by atoms with Crippen LogP contribution in [0.25, 0.3) is 10.9 Å². The van der Waals surface area contributed by atoms with Crippen LogP contribution in [0.4, 0.5) is 0 Å². The largest absolute Gasteiger partial charge is 0.395 e. The standard InChI is InChI=1S/C14H15BrN2O2/c15-12-10-3-1-2-4-11(10)16-13(12)14(19)17(7-8-18)9-5-6-9/h1-4,9,16,18H,5-8H2. The third kappa shape index (κ3) is 2.28. The van der Waals surface area contributed by atoms with E-state index in [-0.39, 0.29) is 18.6 Å². The van der Waals surface area contributed by atoms with Crippen molar-refractivity contribution < 1.29 is 9.90 Å². The third-order valence-corrected chi connectivity index (χ3v) is 4.27. The number of aromatic amines is 1. The molecule has 0 bridgehead atoms. The van der Waals surface area contributed by atoms with E-state index in [0.29, 0.717) is 12.2 Å². The maximum absolute atomic E-state index is 12.6. The zero-order chi connectivity index (χ0) is 13.4.